The Morgan fingerprint density at radius 3 is 2.21 bits per heavy atom. The first kappa shape index (κ1) is 18.9. The van der Waals surface area contributed by atoms with E-state index in [1.54, 1.807) is 32.4 Å². The van der Waals surface area contributed by atoms with Gasteiger partial charge in [-0.2, -0.15) is 0 Å². The molecule has 5 heteroatoms. The lowest BCUT2D eigenvalue weighted by Crippen LogP contribution is -2.30. The van der Waals surface area contributed by atoms with E-state index >= 15 is 0 Å². The maximum Gasteiger partial charge on any atom is 0.255 e. The molecule has 0 aliphatic carbocycles. The minimum atomic E-state index is -0.207. The molecule has 0 fully saturated rings. The summed E-state index contributed by atoms with van der Waals surface area (Å²) in [6.45, 7) is 1.90. The molecule has 0 unspecified atom stereocenters. The van der Waals surface area contributed by atoms with E-state index in [4.69, 9.17) is 9.47 Å². The number of ether oxygens (including phenoxy) is 2. The zero-order chi connectivity index (χ0) is 20.2. The van der Waals surface area contributed by atoms with Gasteiger partial charge in [-0.25, -0.2) is 0 Å². The number of hydrogen-bond acceptors (Lipinski definition) is 4. The van der Waals surface area contributed by atoms with E-state index in [1.165, 1.54) is 11.1 Å². The minimum Gasteiger partial charge on any atom is -0.497 e. The van der Waals surface area contributed by atoms with Gasteiger partial charge in [-0.3, -0.25) is 4.79 Å². The van der Waals surface area contributed by atoms with Gasteiger partial charge in [0.15, 0.2) is 0 Å². The van der Waals surface area contributed by atoms with Gasteiger partial charge in [-0.1, -0.05) is 24.3 Å². The van der Waals surface area contributed by atoms with Crippen LogP contribution in [0.4, 0.5) is 11.4 Å². The van der Waals surface area contributed by atoms with Crippen LogP contribution in [0.15, 0.2) is 66.7 Å². The van der Waals surface area contributed by atoms with E-state index in [-0.39, 0.29) is 5.91 Å². The second-order valence-electron chi connectivity index (χ2n) is 7.04. The Labute approximate surface area is 170 Å². The number of nitrogens with zero attached hydrogens (tertiary/aromatic N) is 1. The Morgan fingerprint density at radius 1 is 0.897 bits per heavy atom. The molecular formula is C24H24N2O3. The van der Waals surface area contributed by atoms with Gasteiger partial charge < -0.3 is 19.7 Å². The summed E-state index contributed by atoms with van der Waals surface area (Å²) in [5.74, 6) is 0.951. The Hall–Kier alpha value is -3.47. The van der Waals surface area contributed by atoms with Crippen LogP contribution in [0.1, 0.15) is 21.5 Å². The number of carbonyl (C=O) groups excluding carboxylic acids is 1. The fourth-order valence-electron chi connectivity index (χ4n) is 3.61. The molecule has 1 N–H and O–H groups in total. The van der Waals surface area contributed by atoms with Gasteiger partial charge >= 0.3 is 0 Å². The fraction of sp³-hybridized carbons (Fsp3) is 0.208. The predicted molar refractivity (Wildman–Crippen MR) is 115 cm³/mol. The summed E-state index contributed by atoms with van der Waals surface area (Å²) in [6, 6.07) is 21.7. The molecule has 0 saturated heterocycles. The fourth-order valence-corrected chi connectivity index (χ4v) is 3.61. The summed E-state index contributed by atoms with van der Waals surface area (Å²) in [5, 5.41) is 2.94. The molecule has 3 aromatic rings. The molecule has 4 rings (SSSR count). The van der Waals surface area contributed by atoms with E-state index in [0.717, 1.165) is 30.9 Å². The Morgan fingerprint density at radius 2 is 1.55 bits per heavy atom. The van der Waals surface area contributed by atoms with E-state index in [0.29, 0.717) is 17.1 Å². The molecule has 3 aromatic carbocycles. The predicted octanol–water partition coefficient (Wildman–Crippen LogP) is 4.52. The minimum absolute atomic E-state index is 0.207. The first-order valence-corrected chi connectivity index (χ1v) is 9.62. The molecule has 1 aliphatic heterocycles. The highest BCUT2D eigenvalue weighted by Crippen LogP contribution is 2.26. The van der Waals surface area contributed by atoms with Crippen molar-refractivity contribution < 1.29 is 14.3 Å². The van der Waals surface area contributed by atoms with Crippen molar-refractivity contribution in [3.63, 3.8) is 0 Å². The van der Waals surface area contributed by atoms with E-state index < -0.39 is 0 Å². The van der Waals surface area contributed by atoms with Crippen LogP contribution in [0, 0.1) is 0 Å². The van der Waals surface area contributed by atoms with Crippen molar-refractivity contribution in [2.75, 3.05) is 31.0 Å². The van der Waals surface area contributed by atoms with Crippen LogP contribution in [-0.4, -0.2) is 26.7 Å². The highest BCUT2D eigenvalue weighted by Gasteiger charge is 2.16. The van der Waals surface area contributed by atoms with E-state index in [2.05, 4.69) is 46.6 Å². The molecule has 0 bridgehead atoms. The van der Waals surface area contributed by atoms with Crippen molar-refractivity contribution in [1.29, 1.82) is 0 Å². The number of benzene rings is 3. The lowest BCUT2D eigenvalue weighted by molar-refractivity contribution is 0.102. The van der Waals surface area contributed by atoms with Crippen LogP contribution in [0.5, 0.6) is 11.5 Å². The molecule has 0 spiro atoms. The topological polar surface area (TPSA) is 50.8 Å². The van der Waals surface area contributed by atoms with Crippen molar-refractivity contribution in [3.05, 3.63) is 83.4 Å². The quantitative estimate of drug-likeness (QED) is 0.698. The van der Waals surface area contributed by atoms with Gasteiger partial charge in [-0.15, -0.1) is 0 Å². The number of rotatable bonds is 5. The van der Waals surface area contributed by atoms with Crippen molar-refractivity contribution in [1.82, 2.24) is 0 Å². The number of carbonyl (C=O) groups is 1. The first-order chi connectivity index (χ1) is 14.2. The molecule has 1 aliphatic rings. The average molecular weight is 388 g/mol. The third kappa shape index (κ3) is 4.19. The molecule has 0 aromatic heterocycles. The number of nitrogens with one attached hydrogen (secondary N) is 1. The largest absolute Gasteiger partial charge is 0.497 e. The molecule has 29 heavy (non-hydrogen) atoms. The van der Waals surface area contributed by atoms with Crippen molar-refractivity contribution in [2.24, 2.45) is 0 Å². The molecule has 0 saturated carbocycles. The normalized spacial score (nSPS) is 12.8. The van der Waals surface area contributed by atoms with Crippen molar-refractivity contribution in [2.45, 2.75) is 13.0 Å². The zero-order valence-electron chi connectivity index (χ0n) is 16.6. The summed E-state index contributed by atoms with van der Waals surface area (Å²) < 4.78 is 10.5. The van der Waals surface area contributed by atoms with Crippen molar-refractivity contribution >= 4 is 17.3 Å². The molecule has 0 radical (unpaired) electrons. The van der Waals surface area contributed by atoms with Gasteiger partial charge in [0.1, 0.15) is 11.5 Å². The zero-order valence-corrected chi connectivity index (χ0v) is 16.6. The van der Waals surface area contributed by atoms with Crippen LogP contribution >= 0.6 is 0 Å². The number of hydrogen-bond donors (Lipinski definition) is 1. The summed E-state index contributed by atoms with van der Waals surface area (Å²) >= 11 is 0. The van der Waals surface area contributed by atoms with Gasteiger partial charge in [0.05, 0.1) is 14.2 Å². The third-order valence-corrected chi connectivity index (χ3v) is 5.23. The standard InChI is InChI=1S/C24H24N2O3/c1-28-22-13-19(14-23(15-22)29-2)24(27)25-20-7-9-21(10-8-20)26-12-11-17-5-3-4-6-18(17)16-26/h3-10,13-15H,11-12,16H2,1-2H3,(H,25,27). The molecule has 1 heterocycles. The molecule has 148 valence electrons. The Bertz CT molecular complexity index is 993. The van der Waals surface area contributed by atoms with Gasteiger partial charge in [0.25, 0.3) is 5.91 Å². The molecule has 1 amide bonds. The SMILES string of the molecule is COc1cc(OC)cc(C(=O)Nc2ccc(N3CCc4ccccc4C3)cc2)c1. The smallest absolute Gasteiger partial charge is 0.255 e. The lowest BCUT2D eigenvalue weighted by atomic mass is 9.99. The van der Waals surface area contributed by atoms with Crippen molar-refractivity contribution in [3.8, 4) is 11.5 Å². The third-order valence-electron chi connectivity index (χ3n) is 5.23. The van der Waals surface area contributed by atoms with E-state index in [9.17, 15) is 4.79 Å². The number of methoxy groups -OCH3 is 2. The summed E-state index contributed by atoms with van der Waals surface area (Å²) in [4.78, 5) is 15.0. The molecule has 5 nitrogen and oxygen atoms in total. The number of anilines is 2. The molecule has 0 atom stereocenters. The lowest BCUT2D eigenvalue weighted by Gasteiger charge is -2.30. The summed E-state index contributed by atoms with van der Waals surface area (Å²) in [6.07, 6.45) is 1.05. The van der Waals surface area contributed by atoms with Gasteiger partial charge in [0.2, 0.25) is 0 Å². The van der Waals surface area contributed by atoms with Crippen LogP contribution < -0.4 is 19.7 Å². The summed E-state index contributed by atoms with van der Waals surface area (Å²) in [5.41, 5.74) is 5.20. The Balaban J connectivity index is 1.46. The number of amides is 1. The highest BCUT2D eigenvalue weighted by atomic mass is 16.5. The van der Waals surface area contributed by atoms with Crippen LogP contribution in [0.25, 0.3) is 0 Å². The Kier molecular flexibility index (Phi) is 5.38. The highest BCUT2D eigenvalue weighted by molar-refractivity contribution is 6.04. The number of fused-ring (bicyclic) bond motifs is 1. The van der Waals surface area contributed by atoms with E-state index in [1.807, 2.05) is 12.1 Å². The maximum atomic E-state index is 12.6. The monoisotopic (exact) mass is 388 g/mol. The average Bonchev–Trinajstić information content (AvgIpc) is 2.78. The van der Waals surface area contributed by atoms with Gasteiger partial charge in [-0.05, 0) is 53.9 Å². The second kappa shape index (κ2) is 8.27. The van der Waals surface area contributed by atoms with Crippen LogP contribution in [0.3, 0.4) is 0 Å². The second-order valence-corrected chi connectivity index (χ2v) is 7.04. The van der Waals surface area contributed by atoms with Gasteiger partial charge in [0, 0.05) is 36.1 Å². The van der Waals surface area contributed by atoms with Crippen LogP contribution in [0.2, 0.25) is 0 Å². The molecular weight excluding hydrogens is 364 g/mol. The summed E-state index contributed by atoms with van der Waals surface area (Å²) in [7, 11) is 3.13. The first-order valence-electron chi connectivity index (χ1n) is 9.62. The van der Waals surface area contributed by atoms with Crippen LogP contribution in [-0.2, 0) is 13.0 Å². The maximum absolute atomic E-state index is 12.6.